The minimum atomic E-state index is -0.939. The van der Waals surface area contributed by atoms with Crippen molar-refractivity contribution in [1.82, 2.24) is 9.55 Å². The van der Waals surface area contributed by atoms with E-state index in [1.807, 2.05) is 0 Å². The van der Waals surface area contributed by atoms with Crippen molar-refractivity contribution in [2.24, 2.45) is 0 Å². The summed E-state index contributed by atoms with van der Waals surface area (Å²) in [4.78, 5) is 38.7. The fraction of sp³-hybridized carbons (Fsp3) is 0.533. The van der Waals surface area contributed by atoms with Gasteiger partial charge in [-0.15, -0.1) is 0 Å². The standard InChI is InChI=1S/C15H19BrN2O7/c1-8(2)24-15(22)23-7-11-10(19)5-12(25-11)18-6-9(3-4-16)13(20)17-14(18)21/h3-4,6,8,10-12,19H,5,7H2,1-2H3,(H,17,20,21)/t10-,11+,12+/m0/s1. The molecule has 1 saturated heterocycles. The molecule has 2 heterocycles. The molecule has 2 N–H and O–H groups in total. The van der Waals surface area contributed by atoms with Gasteiger partial charge in [-0.05, 0) is 24.9 Å². The van der Waals surface area contributed by atoms with Crippen molar-refractivity contribution in [3.05, 3.63) is 37.6 Å². The second-order valence-corrected chi connectivity index (χ2v) is 6.23. The number of aliphatic hydroxyl groups excluding tert-OH is 1. The second kappa shape index (κ2) is 8.45. The van der Waals surface area contributed by atoms with Gasteiger partial charge in [0.05, 0.1) is 17.8 Å². The number of carbonyl (C=O) groups excluding carboxylic acids is 1. The molecule has 138 valence electrons. The molecule has 2 rings (SSSR count). The van der Waals surface area contributed by atoms with Crippen LogP contribution in [-0.4, -0.2) is 45.7 Å². The summed E-state index contributed by atoms with van der Waals surface area (Å²) in [6, 6.07) is 0. The minimum absolute atomic E-state index is 0.108. The number of aromatic nitrogens is 2. The molecular weight excluding hydrogens is 400 g/mol. The highest BCUT2D eigenvalue weighted by atomic mass is 79.9. The molecule has 0 radical (unpaired) electrons. The van der Waals surface area contributed by atoms with Crippen LogP contribution in [0.4, 0.5) is 4.79 Å². The van der Waals surface area contributed by atoms with Crippen molar-refractivity contribution in [3.8, 4) is 0 Å². The van der Waals surface area contributed by atoms with E-state index < -0.39 is 35.8 Å². The highest BCUT2D eigenvalue weighted by Gasteiger charge is 2.36. The Bertz CT molecular complexity index is 755. The molecule has 0 bridgehead atoms. The van der Waals surface area contributed by atoms with Gasteiger partial charge in [0.15, 0.2) is 0 Å². The molecule has 0 spiro atoms. The van der Waals surface area contributed by atoms with Crippen molar-refractivity contribution in [3.63, 3.8) is 0 Å². The van der Waals surface area contributed by atoms with Gasteiger partial charge in [-0.3, -0.25) is 14.3 Å². The summed E-state index contributed by atoms with van der Waals surface area (Å²) < 4.78 is 16.5. The first-order valence-electron chi connectivity index (χ1n) is 7.61. The molecule has 1 fully saturated rings. The topological polar surface area (TPSA) is 120 Å². The van der Waals surface area contributed by atoms with E-state index in [1.54, 1.807) is 13.8 Å². The van der Waals surface area contributed by atoms with Gasteiger partial charge in [0.25, 0.3) is 5.56 Å². The van der Waals surface area contributed by atoms with Gasteiger partial charge in [-0.25, -0.2) is 9.59 Å². The lowest BCUT2D eigenvalue weighted by Gasteiger charge is -2.16. The number of aromatic amines is 1. The Balaban J connectivity index is 2.08. The quantitative estimate of drug-likeness (QED) is 0.687. The molecule has 1 aliphatic heterocycles. The van der Waals surface area contributed by atoms with Crippen LogP contribution in [0.1, 0.15) is 32.1 Å². The maximum absolute atomic E-state index is 12.0. The van der Waals surface area contributed by atoms with Gasteiger partial charge in [0.2, 0.25) is 0 Å². The zero-order chi connectivity index (χ0) is 18.6. The number of hydrogen-bond acceptors (Lipinski definition) is 7. The highest BCUT2D eigenvalue weighted by Crippen LogP contribution is 2.28. The van der Waals surface area contributed by atoms with Gasteiger partial charge in [0, 0.05) is 12.6 Å². The Kier molecular flexibility index (Phi) is 6.57. The van der Waals surface area contributed by atoms with Crippen molar-refractivity contribution >= 4 is 28.2 Å². The summed E-state index contributed by atoms with van der Waals surface area (Å²) in [6.07, 6.45) is -0.803. The van der Waals surface area contributed by atoms with E-state index in [4.69, 9.17) is 14.2 Å². The number of nitrogens with zero attached hydrogens (tertiary/aromatic N) is 1. The Morgan fingerprint density at radius 1 is 1.56 bits per heavy atom. The van der Waals surface area contributed by atoms with Crippen LogP contribution in [-0.2, 0) is 14.2 Å². The van der Waals surface area contributed by atoms with Crippen LogP contribution in [0.5, 0.6) is 0 Å². The van der Waals surface area contributed by atoms with Crippen molar-refractivity contribution in [2.45, 2.75) is 44.8 Å². The highest BCUT2D eigenvalue weighted by molar-refractivity contribution is 9.11. The number of aliphatic hydroxyl groups is 1. The van der Waals surface area contributed by atoms with E-state index in [9.17, 15) is 19.5 Å². The molecule has 1 aliphatic rings. The number of halogens is 1. The summed E-state index contributed by atoms with van der Waals surface area (Å²) in [5.41, 5.74) is -0.948. The zero-order valence-corrected chi connectivity index (χ0v) is 15.3. The first-order valence-corrected chi connectivity index (χ1v) is 8.52. The number of nitrogens with one attached hydrogen (secondary N) is 1. The van der Waals surface area contributed by atoms with E-state index in [-0.39, 0.29) is 24.7 Å². The van der Waals surface area contributed by atoms with Crippen molar-refractivity contribution in [1.29, 1.82) is 0 Å². The van der Waals surface area contributed by atoms with Gasteiger partial charge in [0.1, 0.15) is 18.9 Å². The summed E-state index contributed by atoms with van der Waals surface area (Å²) >= 11 is 3.06. The molecule has 3 atom stereocenters. The molecule has 0 saturated carbocycles. The minimum Gasteiger partial charge on any atom is -0.432 e. The van der Waals surface area contributed by atoms with E-state index in [2.05, 4.69) is 20.9 Å². The number of H-pyrrole nitrogens is 1. The molecule has 0 aromatic carbocycles. The zero-order valence-electron chi connectivity index (χ0n) is 13.7. The van der Waals surface area contributed by atoms with Gasteiger partial charge >= 0.3 is 11.8 Å². The molecule has 0 amide bonds. The van der Waals surface area contributed by atoms with Crippen molar-refractivity contribution < 1.29 is 24.1 Å². The largest absolute Gasteiger partial charge is 0.508 e. The van der Waals surface area contributed by atoms with Gasteiger partial charge in [-0.1, -0.05) is 15.9 Å². The maximum Gasteiger partial charge on any atom is 0.508 e. The Hall–Kier alpha value is -1.91. The third kappa shape index (κ3) is 5.03. The van der Waals surface area contributed by atoms with Gasteiger partial charge < -0.3 is 19.3 Å². The van der Waals surface area contributed by atoms with Crippen LogP contribution in [0.25, 0.3) is 6.08 Å². The van der Waals surface area contributed by atoms with Crippen LogP contribution in [0.3, 0.4) is 0 Å². The fourth-order valence-electron chi connectivity index (χ4n) is 2.31. The summed E-state index contributed by atoms with van der Waals surface area (Å²) in [5.74, 6) is 0. The smallest absolute Gasteiger partial charge is 0.432 e. The lowest BCUT2D eigenvalue weighted by Crippen LogP contribution is -2.33. The normalized spacial score (nSPS) is 23.3. The SMILES string of the molecule is CC(C)OC(=O)OC[C@H]1O[C@@H](n2cc(C=CBr)c(=O)[nH]c2=O)C[C@@H]1O. The number of rotatable bonds is 5. The third-order valence-electron chi connectivity index (χ3n) is 3.45. The van der Waals surface area contributed by atoms with E-state index in [0.717, 1.165) is 0 Å². The third-order valence-corrected chi connectivity index (χ3v) is 3.71. The summed E-state index contributed by atoms with van der Waals surface area (Å²) in [7, 11) is 0. The molecule has 0 unspecified atom stereocenters. The van der Waals surface area contributed by atoms with Gasteiger partial charge in [-0.2, -0.15) is 0 Å². The van der Waals surface area contributed by atoms with Crippen LogP contribution >= 0.6 is 15.9 Å². The lowest BCUT2D eigenvalue weighted by atomic mass is 10.2. The van der Waals surface area contributed by atoms with Crippen LogP contribution in [0, 0.1) is 0 Å². The van der Waals surface area contributed by atoms with E-state index in [1.165, 1.54) is 21.8 Å². The fourth-order valence-corrected chi connectivity index (χ4v) is 2.60. The second-order valence-electron chi connectivity index (χ2n) is 5.70. The predicted molar refractivity (Wildman–Crippen MR) is 91.4 cm³/mol. The number of hydrogen-bond donors (Lipinski definition) is 2. The molecule has 0 aliphatic carbocycles. The Labute approximate surface area is 151 Å². The Morgan fingerprint density at radius 2 is 2.28 bits per heavy atom. The number of carbonyl (C=O) groups is 1. The predicted octanol–water partition coefficient (Wildman–Crippen LogP) is 1.11. The molecule has 10 heteroatoms. The molecule has 25 heavy (non-hydrogen) atoms. The Morgan fingerprint density at radius 3 is 2.92 bits per heavy atom. The number of ether oxygens (including phenoxy) is 3. The van der Waals surface area contributed by atoms with E-state index in [0.29, 0.717) is 0 Å². The molecular formula is C15H19BrN2O7. The van der Waals surface area contributed by atoms with Crippen LogP contribution in [0.15, 0.2) is 20.8 Å². The maximum atomic E-state index is 12.0. The first-order chi connectivity index (χ1) is 11.8. The lowest BCUT2D eigenvalue weighted by molar-refractivity contribution is -0.0615. The average molecular weight is 419 g/mol. The molecule has 1 aromatic rings. The van der Waals surface area contributed by atoms with Crippen molar-refractivity contribution in [2.75, 3.05) is 6.61 Å². The van der Waals surface area contributed by atoms with Crippen LogP contribution in [0.2, 0.25) is 0 Å². The molecule has 9 nitrogen and oxygen atoms in total. The molecule has 1 aromatic heterocycles. The summed E-state index contributed by atoms with van der Waals surface area (Å²) in [6.45, 7) is 3.15. The summed E-state index contributed by atoms with van der Waals surface area (Å²) in [5, 5.41) is 10.1. The monoisotopic (exact) mass is 418 g/mol. The first kappa shape index (κ1) is 19.4. The van der Waals surface area contributed by atoms with Crippen LogP contribution < -0.4 is 11.2 Å². The van der Waals surface area contributed by atoms with E-state index >= 15 is 0 Å². The average Bonchev–Trinajstić information content (AvgIpc) is 2.88.